The van der Waals surface area contributed by atoms with E-state index in [1.807, 2.05) is 30.3 Å². The molecule has 1 aromatic heterocycles. The van der Waals surface area contributed by atoms with Gasteiger partial charge >= 0.3 is 5.97 Å². The molecule has 0 aliphatic carbocycles. The van der Waals surface area contributed by atoms with Crippen LogP contribution in [0.3, 0.4) is 0 Å². The van der Waals surface area contributed by atoms with Crippen LogP contribution < -0.4 is 5.56 Å². The van der Waals surface area contributed by atoms with Crippen LogP contribution in [0.15, 0.2) is 69.6 Å². The number of aromatic amines is 2. The lowest BCUT2D eigenvalue weighted by Crippen LogP contribution is -1.96. The number of carboxylic acids is 1. The summed E-state index contributed by atoms with van der Waals surface area (Å²) < 4.78 is 0. The minimum atomic E-state index is -1.01. The van der Waals surface area contributed by atoms with Crippen LogP contribution in [0, 0.1) is 0 Å². The van der Waals surface area contributed by atoms with Crippen LogP contribution in [-0.2, 0) is 0 Å². The highest BCUT2D eigenvalue weighted by atomic mass is 16.4. The first-order valence-electron chi connectivity index (χ1n) is 6.76. The zero-order valence-corrected chi connectivity index (χ0v) is 11.9. The number of carboxylic acid groups (broad SMARTS) is 1. The van der Waals surface area contributed by atoms with Gasteiger partial charge in [-0.3, -0.25) is 15.0 Å². The molecule has 0 fully saturated rings. The number of azo groups is 1. The summed E-state index contributed by atoms with van der Waals surface area (Å²) in [6.07, 6.45) is 0. The van der Waals surface area contributed by atoms with Crippen LogP contribution in [0.1, 0.15) is 10.4 Å². The number of aromatic carboxylic acids is 1. The third-order valence-corrected chi connectivity index (χ3v) is 3.20. The van der Waals surface area contributed by atoms with E-state index in [4.69, 9.17) is 5.11 Å². The standard InChI is InChI=1S/C16H12N4O3/c21-15-14(13(18-20-15)10-4-2-1-3-5-10)19-17-12-8-6-11(7-9-12)16(22)23/h1-9H,(H,22,23)(H2,18,20,21). The molecule has 3 N–H and O–H groups in total. The lowest BCUT2D eigenvalue weighted by Gasteiger charge is -1.98. The molecule has 0 atom stereocenters. The molecule has 1 heterocycles. The van der Waals surface area contributed by atoms with E-state index in [9.17, 15) is 9.59 Å². The van der Waals surface area contributed by atoms with Crippen molar-refractivity contribution < 1.29 is 9.90 Å². The maximum atomic E-state index is 11.9. The topological polar surface area (TPSA) is 111 Å². The average Bonchev–Trinajstić information content (AvgIpc) is 2.95. The molecule has 23 heavy (non-hydrogen) atoms. The molecule has 0 radical (unpaired) electrons. The summed E-state index contributed by atoms with van der Waals surface area (Å²) >= 11 is 0. The van der Waals surface area contributed by atoms with Crippen molar-refractivity contribution in [3.8, 4) is 11.3 Å². The summed E-state index contributed by atoms with van der Waals surface area (Å²) in [6, 6.07) is 15.2. The molecule has 3 aromatic rings. The second kappa shape index (κ2) is 6.10. The number of carbonyl (C=O) groups is 1. The van der Waals surface area contributed by atoms with Gasteiger partial charge < -0.3 is 5.11 Å². The Morgan fingerprint density at radius 2 is 1.61 bits per heavy atom. The summed E-state index contributed by atoms with van der Waals surface area (Å²) in [5.41, 5.74) is 1.75. The SMILES string of the molecule is O=C(O)c1ccc(N=Nc2c(-c3ccccc3)[nH][nH]c2=O)cc1. The Kier molecular flexibility index (Phi) is 3.84. The predicted molar refractivity (Wildman–Crippen MR) is 84.4 cm³/mol. The van der Waals surface area contributed by atoms with Crippen molar-refractivity contribution in [2.24, 2.45) is 10.2 Å². The monoisotopic (exact) mass is 308 g/mol. The van der Waals surface area contributed by atoms with Gasteiger partial charge in [0.2, 0.25) is 0 Å². The number of aromatic nitrogens is 2. The van der Waals surface area contributed by atoms with Gasteiger partial charge in [0.1, 0.15) is 0 Å². The Morgan fingerprint density at radius 1 is 0.913 bits per heavy atom. The number of hydrogen-bond donors (Lipinski definition) is 3. The van der Waals surface area contributed by atoms with Crippen LogP contribution >= 0.6 is 0 Å². The zero-order valence-electron chi connectivity index (χ0n) is 11.9. The van der Waals surface area contributed by atoms with E-state index in [1.165, 1.54) is 24.3 Å². The van der Waals surface area contributed by atoms with Gasteiger partial charge in [-0.2, -0.15) is 5.11 Å². The van der Waals surface area contributed by atoms with Crippen molar-refractivity contribution in [3.63, 3.8) is 0 Å². The van der Waals surface area contributed by atoms with Gasteiger partial charge in [0.25, 0.3) is 5.56 Å². The van der Waals surface area contributed by atoms with Gasteiger partial charge in [0, 0.05) is 5.56 Å². The first-order valence-corrected chi connectivity index (χ1v) is 6.76. The lowest BCUT2D eigenvalue weighted by molar-refractivity contribution is 0.0697. The Bertz CT molecular complexity index is 909. The second-order valence-corrected chi connectivity index (χ2v) is 4.72. The van der Waals surface area contributed by atoms with Crippen LogP contribution in [0.2, 0.25) is 0 Å². The highest BCUT2D eigenvalue weighted by molar-refractivity contribution is 5.87. The van der Waals surface area contributed by atoms with Gasteiger partial charge in [-0.25, -0.2) is 4.79 Å². The number of nitrogens with zero attached hydrogens (tertiary/aromatic N) is 2. The summed E-state index contributed by atoms with van der Waals surface area (Å²) in [5.74, 6) is -1.01. The number of rotatable bonds is 4. The molecule has 0 aliphatic rings. The van der Waals surface area contributed by atoms with E-state index in [0.29, 0.717) is 11.4 Å². The molecule has 0 aliphatic heterocycles. The number of nitrogens with one attached hydrogen (secondary N) is 2. The fourth-order valence-corrected chi connectivity index (χ4v) is 2.04. The third kappa shape index (κ3) is 3.08. The Labute approximate surface area is 130 Å². The van der Waals surface area contributed by atoms with Gasteiger partial charge in [-0.05, 0) is 24.3 Å². The lowest BCUT2D eigenvalue weighted by atomic mass is 10.1. The largest absolute Gasteiger partial charge is 0.478 e. The Hall–Kier alpha value is -3.48. The van der Waals surface area contributed by atoms with Crippen molar-refractivity contribution in [3.05, 3.63) is 70.5 Å². The van der Waals surface area contributed by atoms with E-state index in [-0.39, 0.29) is 16.8 Å². The highest BCUT2D eigenvalue weighted by Crippen LogP contribution is 2.26. The maximum Gasteiger partial charge on any atom is 0.335 e. The maximum absolute atomic E-state index is 11.9. The Balaban J connectivity index is 1.93. The first-order chi connectivity index (χ1) is 11.1. The van der Waals surface area contributed by atoms with E-state index in [0.717, 1.165) is 5.56 Å². The molecule has 2 aromatic carbocycles. The van der Waals surface area contributed by atoms with Crippen molar-refractivity contribution in [1.82, 2.24) is 10.2 Å². The van der Waals surface area contributed by atoms with E-state index in [2.05, 4.69) is 20.4 Å². The fraction of sp³-hybridized carbons (Fsp3) is 0. The normalized spacial score (nSPS) is 11.0. The molecule has 0 saturated heterocycles. The number of H-pyrrole nitrogens is 2. The van der Waals surface area contributed by atoms with Crippen LogP contribution in [0.5, 0.6) is 0 Å². The molecular formula is C16H12N4O3. The average molecular weight is 308 g/mol. The van der Waals surface area contributed by atoms with Crippen LogP contribution in [0.4, 0.5) is 11.4 Å². The van der Waals surface area contributed by atoms with E-state index in [1.54, 1.807) is 0 Å². The van der Waals surface area contributed by atoms with Crippen molar-refractivity contribution in [2.75, 3.05) is 0 Å². The summed E-state index contributed by atoms with van der Waals surface area (Å²) in [4.78, 5) is 22.7. The van der Waals surface area contributed by atoms with Crippen LogP contribution in [0.25, 0.3) is 11.3 Å². The van der Waals surface area contributed by atoms with E-state index < -0.39 is 5.97 Å². The molecule has 0 amide bonds. The fourth-order valence-electron chi connectivity index (χ4n) is 2.04. The summed E-state index contributed by atoms with van der Waals surface area (Å²) in [5, 5.41) is 22.1. The molecule has 7 heteroatoms. The summed E-state index contributed by atoms with van der Waals surface area (Å²) in [6.45, 7) is 0. The van der Waals surface area contributed by atoms with E-state index >= 15 is 0 Å². The molecule has 0 bridgehead atoms. The van der Waals surface area contributed by atoms with Crippen molar-refractivity contribution in [1.29, 1.82) is 0 Å². The zero-order chi connectivity index (χ0) is 16.2. The molecule has 114 valence electrons. The molecule has 0 spiro atoms. The van der Waals surface area contributed by atoms with Gasteiger partial charge in [-0.1, -0.05) is 30.3 Å². The molecule has 0 saturated carbocycles. The quantitative estimate of drug-likeness (QED) is 0.641. The first kappa shape index (κ1) is 14.5. The van der Waals surface area contributed by atoms with Gasteiger partial charge in [0.05, 0.1) is 16.9 Å². The Morgan fingerprint density at radius 3 is 2.26 bits per heavy atom. The molecule has 7 nitrogen and oxygen atoms in total. The van der Waals surface area contributed by atoms with Crippen molar-refractivity contribution >= 4 is 17.3 Å². The minimum Gasteiger partial charge on any atom is -0.478 e. The second-order valence-electron chi connectivity index (χ2n) is 4.72. The van der Waals surface area contributed by atoms with Crippen LogP contribution in [-0.4, -0.2) is 21.3 Å². The number of hydrogen-bond acceptors (Lipinski definition) is 4. The minimum absolute atomic E-state index is 0.161. The molecular weight excluding hydrogens is 296 g/mol. The predicted octanol–water partition coefficient (Wildman–Crippen LogP) is 3.48. The third-order valence-electron chi connectivity index (χ3n) is 3.20. The van der Waals surface area contributed by atoms with Crippen molar-refractivity contribution in [2.45, 2.75) is 0 Å². The van der Waals surface area contributed by atoms with Gasteiger partial charge in [-0.15, -0.1) is 5.11 Å². The molecule has 0 unspecified atom stereocenters. The van der Waals surface area contributed by atoms with Gasteiger partial charge in [0.15, 0.2) is 5.69 Å². The summed E-state index contributed by atoms with van der Waals surface area (Å²) in [7, 11) is 0. The smallest absolute Gasteiger partial charge is 0.335 e. The number of benzene rings is 2. The molecule has 3 rings (SSSR count). The highest BCUT2D eigenvalue weighted by Gasteiger charge is 2.11.